The maximum absolute atomic E-state index is 3.94. The van der Waals surface area contributed by atoms with Gasteiger partial charge < -0.3 is 0 Å². The van der Waals surface area contributed by atoms with Crippen LogP contribution in [0, 0.1) is 13.8 Å². The Morgan fingerprint density at radius 1 is 1.33 bits per heavy atom. The van der Waals surface area contributed by atoms with E-state index in [2.05, 4.69) is 38.2 Å². The number of nitrogens with zero attached hydrogens (tertiary/aromatic N) is 1. The van der Waals surface area contributed by atoms with Gasteiger partial charge in [0.2, 0.25) is 0 Å². The van der Waals surface area contributed by atoms with Crippen LogP contribution in [0.2, 0.25) is 0 Å². The molecule has 0 unspecified atom stereocenters. The normalized spacial score (nSPS) is 9.50. The SMILES string of the molecule is C=Cc1c(C)cc(C)cc1N=C. The Labute approximate surface area is 73.5 Å². The lowest BCUT2D eigenvalue weighted by atomic mass is 10.0. The minimum absolute atomic E-state index is 0.919. The first-order valence-electron chi connectivity index (χ1n) is 3.89. The lowest BCUT2D eigenvalue weighted by Crippen LogP contribution is -1.83. The molecule has 12 heavy (non-hydrogen) atoms. The van der Waals surface area contributed by atoms with E-state index in [1.165, 1.54) is 11.1 Å². The maximum Gasteiger partial charge on any atom is 0.0699 e. The largest absolute Gasteiger partial charge is 0.264 e. The summed E-state index contributed by atoms with van der Waals surface area (Å²) in [4.78, 5) is 3.94. The molecule has 0 amide bonds. The molecule has 0 aliphatic carbocycles. The molecule has 1 aromatic rings. The summed E-state index contributed by atoms with van der Waals surface area (Å²) < 4.78 is 0. The monoisotopic (exact) mass is 159 g/mol. The second-order valence-corrected chi connectivity index (χ2v) is 2.88. The van der Waals surface area contributed by atoms with Gasteiger partial charge in [-0.3, -0.25) is 4.99 Å². The third-order valence-corrected chi connectivity index (χ3v) is 1.88. The summed E-state index contributed by atoms with van der Waals surface area (Å²) in [6.07, 6.45) is 1.82. The predicted octanol–water partition coefficient (Wildman–Crippen LogP) is 3.28. The van der Waals surface area contributed by atoms with Gasteiger partial charge in [0.1, 0.15) is 0 Å². The highest BCUT2D eigenvalue weighted by Gasteiger charge is 2.00. The minimum atomic E-state index is 0.919. The van der Waals surface area contributed by atoms with Crippen LogP contribution in [0.15, 0.2) is 23.7 Å². The van der Waals surface area contributed by atoms with E-state index in [1.807, 2.05) is 12.1 Å². The van der Waals surface area contributed by atoms with E-state index in [9.17, 15) is 0 Å². The fraction of sp³-hybridized carbons (Fsp3) is 0.182. The number of hydrogen-bond acceptors (Lipinski definition) is 1. The summed E-state index contributed by atoms with van der Waals surface area (Å²) in [5, 5.41) is 0. The van der Waals surface area contributed by atoms with E-state index < -0.39 is 0 Å². The summed E-state index contributed by atoms with van der Waals surface area (Å²) >= 11 is 0. The van der Waals surface area contributed by atoms with Crippen LogP contribution in [0.5, 0.6) is 0 Å². The molecule has 0 bridgehead atoms. The van der Waals surface area contributed by atoms with Crippen LogP contribution in [0.4, 0.5) is 5.69 Å². The van der Waals surface area contributed by atoms with Gasteiger partial charge in [-0.25, -0.2) is 0 Å². The molecule has 0 fully saturated rings. The molecule has 62 valence electrons. The molecular weight excluding hydrogens is 146 g/mol. The van der Waals surface area contributed by atoms with E-state index in [0.29, 0.717) is 0 Å². The van der Waals surface area contributed by atoms with Crippen LogP contribution in [-0.2, 0) is 0 Å². The van der Waals surface area contributed by atoms with Crippen molar-refractivity contribution in [2.45, 2.75) is 13.8 Å². The Morgan fingerprint density at radius 3 is 2.50 bits per heavy atom. The third-order valence-electron chi connectivity index (χ3n) is 1.88. The molecule has 0 aliphatic heterocycles. The molecule has 0 saturated carbocycles. The Balaban J connectivity index is 3.43. The highest BCUT2D eigenvalue weighted by atomic mass is 14.7. The number of aliphatic imine (C=N–C) groups is 1. The number of benzene rings is 1. The van der Waals surface area contributed by atoms with Crippen LogP contribution < -0.4 is 0 Å². The first-order valence-corrected chi connectivity index (χ1v) is 3.89. The quantitative estimate of drug-likeness (QED) is 0.587. The zero-order valence-electron chi connectivity index (χ0n) is 7.59. The topological polar surface area (TPSA) is 12.4 Å². The van der Waals surface area contributed by atoms with Gasteiger partial charge in [0.15, 0.2) is 0 Å². The fourth-order valence-corrected chi connectivity index (χ4v) is 1.35. The van der Waals surface area contributed by atoms with Gasteiger partial charge in [-0.2, -0.15) is 0 Å². The molecule has 0 radical (unpaired) electrons. The van der Waals surface area contributed by atoms with Gasteiger partial charge in [0.25, 0.3) is 0 Å². The van der Waals surface area contributed by atoms with Crippen molar-refractivity contribution < 1.29 is 0 Å². The zero-order chi connectivity index (χ0) is 9.14. The molecule has 0 aliphatic rings. The van der Waals surface area contributed by atoms with E-state index in [0.717, 1.165) is 11.3 Å². The third kappa shape index (κ3) is 1.45. The Hall–Kier alpha value is -1.37. The average molecular weight is 159 g/mol. The molecule has 0 atom stereocenters. The maximum atomic E-state index is 3.94. The average Bonchev–Trinajstić information content (AvgIpc) is 2.03. The van der Waals surface area contributed by atoms with Crippen LogP contribution in [0.3, 0.4) is 0 Å². The molecule has 0 heterocycles. The van der Waals surface area contributed by atoms with Gasteiger partial charge in [-0.05, 0) is 37.8 Å². The molecule has 1 aromatic carbocycles. The summed E-state index contributed by atoms with van der Waals surface area (Å²) in [5.41, 5.74) is 4.41. The summed E-state index contributed by atoms with van der Waals surface area (Å²) in [6, 6.07) is 4.13. The van der Waals surface area contributed by atoms with Crippen LogP contribution in [0.25, 0.3) is 6.08 Å². The Morgan fingerprint density at radius 2 is 2.00 bits per heavy atom. The van der Waals surface area contributed by atoms with E-state index in [-0.39, 0.29) is 0 Å². The van der Waals surface area contributed by atoms with Crippen molar-refractivity contribution >= 4 is 18.5 Å². The summed E-state index contributed by atoms with van der Waals surface area (Å²) in [7, 11) is 0. The van der Waals surface area contributed by atoms with Crippen LogP contribution >= 0.6 is 0 Å². The lowest BCUT2D eigenvalue weighted by molar-refractivity contribution is 1.35. The van der Waals surface area contributed by atoms with Crippen molar-refractivity contribution in [1.29, 1.82) is 0 Å². The number of rotatable bonds is 2. The van der Waals surface area contributed by atoms with Gasteiger partial charge in [0.05, 0.1) is 5.69 Å². The van der Waals surface area contributed by atoms with Gasteiger partial charge in [0, 0.05) is 5.56 Å². The smallest absolute Gasteiger partial charge is 0.0699 e. The first kappa shape index (κ1) is 8.72. The van der Waals surface area contributed by atoms with Crippen molar-refractivity contribution in [3.8, 4) is 0 Å². The van der Waals surface area contributed by atoms with E-state index >= 15 is 0 Å². The Bertz CT molecular complexity index is 324. The van der Waals surface area contributed by atoms with E-state index in [4.69, 9.17) is 0 Å². The zero-order valence-corrected chi connectivity index (χ0v) is 7.59. The Kier molecular flexibility index (Phi) is 2.44. The van der Waals surface area contributed by atoms with Crippen molar-refractivity contribution in [2.75, 3.05) is 0 Å². The lowest BCUT2D eigenvalue weighted by Gasteiger charge is -2.05. The highest BCUT2D eigenvalue weighted by molar-refractivity contribution is 5.68. The molecule has 1 nitrogen and oxygen atoms in total. The minimum Gasteiger partial charge on any atom is -0.264 e. The number of aryl methyl sites for hydroxylation is 2. The molecule has 0 aromatic heterocycles. The summed E-state index contributed by atoms with van der Waals surface area (Å²) in [6.45, 7) is 11.4. The highest BCUT2D eigenvalue weighted by Crippen LogP contribution is 2.24. The number of hydrogen-bond donors (Lipinski definition) is 0. The standard InChI is InChI=1S/C11H13N/c1-5-10-9(3)6-8(2)7-11(10)12-4/h5-7H,1,4H2,2-3H3. The van der Waals surface area contributed by atoms with Crippen molar-refractivity contribution in [3.05, 3.63) is 35.4 Å². The molecule has 1 heteroatoms. The van der Waals surface area contributed by atoms with E-state index in [1.54, 1.807) is 0 Å². The van der Waals surface area contributed by atoms with Crippen LogP contribution in [0.1, 0.15) is 16.7 Å². The molecule has 0 saturated heterocycles. The summed E-state index contributed by atoms with van der Waals surface area (Å²) in [5.74, 6) is 0. The molecule has 0 spiro atoms. The second-order valence-electron chi connectivity index (χ2n) is 2.88. The predicted molar refractivity (Wildman–Crippen MR) is 55.2 cm³/mol. The molecular formula is C11H13N. The van der Waals surface area contributed by atoms with Gasteiger partial charge in [-0.15, -0.1) is 0 Å². The fourth-order valence-electron chi connectivity index (χ4n) is 1.35. The van der Waals surface area contributed by atoms with Crippen molar-refractivity contribution in [2.24, 2.45) is 4.99 Å². The second kappa shape index (κ2) is 3.35. The van der Waals surface area contributed by atoms with Crippen molar-refractivity contribution in [1.82, 2.24) is 0 Å². The first-order chi connectivity index (χ1) is 5.69. The van der Waals surface area contributed by atoms with Crippen LogP contribution in [-0.4, -0.2) is 6.72 Å². The van der Waals surface area contributed by atoms with Gasteiger partial charge >= 0.3 is 0 Å². The van der Waals surface area contributed by atoms with Crippen molar-refractivity contribution in [3.63, 3.8) is 0 Å². The molecule has 0 N–H and O–H groups in total. The van der Waals surface area contributed by atoms with Gasteiger partial charge in [-0.1, -0.05) is 18.7 Å². The molecule has 1 rings (SSSR count).